The zero-order chi connectivity index (χ0) is 27.2. The number of aromatic nitrogens is 1. The number of halogens is 4. The highest BCUT2D eigenvalue weighted by Crippen LogP contribution is 2.38. The van der Waals surface area contributed by atoms with Gasteiger partial charge in [0, 0.05) is 23.4 Å². The average molecular weight is 566 g/mol. The summed E-state index contributed by atoms with van der Waals surface area (Å²) in [5.74, 6) is -2.32. The number of benzene rings is 2. The standard InChI is InChI=1S/C25H19ClF3N3O5S/c26-16-3-1-13(18(10-16)25(27,28)29)8-17(12-2-4-19-15(7-12)11-30-31-19)21-22(33)32(24(36)38-21)20-9-14(23(34)35)5-6-37-20/h1-4,7,10-11,14,20,33H,5-6,8-9H2,(H,34,35). The van der Waals surface area contributed by atoms with E-state index in [1.54, 1.807) is 18.2 Å². The minimum Gasteiger partial charge on any atom is -0.493 e. The smallest absolute Gasteiger partial charge is 0.416 e. The van der Waals surface area contributed by atoms with E-state index in [-0.39, 0.29) is 46.9 Å². The molecule has 0 amide bonds. The summed E-state index contributed by atoms with van der Waals surface area (Å²) in [5, 5.41) is 29.4. The summed E-state index contributed by atoms with van der Waals surface area (Å²) in [6, 6.07) is 8.36. The molecule has 198 valence electrons. The summed E-state index contributed by atoms with van der Waals surface area (Å²) >= 11 is 6.50. The van der Waals surface area contributed by atoms with E-state index < -0.39 is 40.6 Å². The lowest BCUT2D eigenvalue weighted by Crippen LogP contribution is -2.31. The highest BCUT2D eigenvalue weighted by Gasteiger charge is 2.35. The first-order valence-corrected chi connectivity index (χ1v) is 12.6. The molecule has 8 nitrogen and oxygen atoms in total. The van der Waals surface area contributed by atoms with Gasteiger partial charge >= 0.3 is 17.0 Å². The van der Waals surface area contributed by atoms with Crippen molar-refractivity contribution in [2.75, 3.05) is 6.61 Å². The Bertz CT molecular complexity index is 1650. The number of carboxylic acid groups (broad SMARTS) is 1. The third kappa shape index (κ3) is 4.98. The van der Waals surface area contributed by atoms with E-state index in [0.717, 1.165) is 10.6 Å². The van der Waals surface area contributed by atoms with Gasteiger partial charge in [0.15, 0.2) is 0 Å². The van der Waals surface area contributed by atoms with E-state index in [4.69, 9.17) is 16.3 Å². The number of fused-ring (bicyclic) bond motifs is 1. The summed E-state index contributed by atoms with van der Waals surface area (Å²) in [6.07, 6.45) is -4.31. The molecule has 0 aliphatic carbocycles. The normalized spacial score (nSPS) is 19.7. The molecule has 2 atom stereocenters. The van der Waals surface area contributed by atoms with Crippen LogP contribution < -0.4 is 15.4 Å². The number of alkyl halides is 3. The lowest BCUT2D eigenvalue weighted by Gasteiger charge is -2.27. The average Bonchev–Trinajstić information content (AvgIpc) is 3.45. The van der Waals surface area contributed by atoms with Gasteiger partial charge in [-0.3, -0.25) is 9.59 Å². The van der Waals surface area contributed by atoms with Gasteiger partial charge in [0.1, 0.15) is 6.23 Å². The Morgan fingerprint density at radius 2 is 2.03 bits per heavy atom. The second kappa shape index (κ2) is 10.0. The fourth-order valence-electron chi connectivity index (χ4n) is 4.57. The van der Waals surface area contributed by atoms with Crippen molar-refractivity contribution in [1.82, 2.24) is 4.57 Å². The van der Waals surface area contributed by atoms with Gasteiger partial charge in [0.05, 0.1) is 34.5 Å². The van der Waals surface area contributed by atoms with E-state index >= 15 is 0 Å². The molecule has 0 bridgehead atoms. The molecule has 13 heteroatoms. The van der Waals surface area contributed by atoms with Crippen LogP contribution in [-0.2, 0) is 22.1 Å². The molecule has 0 spiro atoms. The van der Waals surface area contributed by atoms with Gasteiger partial charge in [-0.25, -0.2) is 4.57 Å². The van der Waals surface area contributed by atoms with E-state index in [9.17, 15) is 33.0 Å². The molecule has 2 aliphatic heterocycles. The molecule has 1 fully saturated rings. The maximum Gasteiger partial charge on any atom is 0.416 e. The number of hydrogen-bond donors (Lipinski definition) is 2. The predicted molar refractivity (Wildman–Crippen MR) is 133 cm³/mol. The molecule has 3 heterocycles. The van der Waals surface area contributed by atoms with Crippen molar-refractivity contribution in [3.05, 3.63) is 83.2 Å². The van der Waals surface area contributed by atoms with Crippen LogP contribution in [0, 0.1) is 5.92 Å². The fraction of sp³-hybridized carbons (Fsp3) is 0.280. The SMILES string of the molecule is O=C(O)C1CCOC(n2c(O)c(C(Cc3ccc(Cl)cc3C(F)(F)F)=c3ccc4c(c3)C=NN=4)sc2=O)C1. The second-order valence-electron chi connectivity index (χ2n) is 8.85. The van der Waals surface area contributed by atoms with Crippen LogP contribution in [-0.4, -0.2) is 33.6 Å². The fourth-order valence-corrected chi connectivity index (χ4v) is 5.72. The van der Waals surface area contributed by atoms with Crippen molar-refractivity contribution >= 4 is 40.7 Å². The van der Waals surface area contributed by atoms with Gasteiger partial charge < -0.3 is 14.9 Å². The zero-order valence-electron chi connectivity index (χ0n) is 19.4. The van der Waals surface area contributed by atoms with Gasteiger partial charge in [0.2, 0.25) is 5.88 Å². The molecule has 38 heavy (non-hydrogen) atoms. The molecule has 1 aromatic heterocycles. The van der Waals surface area contributed by atoms with Gasteiger partial charge in [-0.1, -0.05) is 35.1 Å². The minimum atomic E-state index is -4.70. The van der Waals surface area contributed by atoms with Gasteiger partial charge in [0.25, 0.3) is 0 Å². The van der Waals surface area contributed by atoms with Crippen molar-refractivity contribution in [2.45, 2.75) is 31.7 Å². The summed E-state index contributed by atoms with van der Waals surface area (Å²) in [5.41, 5.74) is -0.169. The topological polar surface area (TPSA) is 113 Å². The molecule has 5 rings (SSSR count). The molecule has 2 aliphatic rings. The lowest BCUT2D eigenvalue weighted by molar-refractivity contribution is -0.149. The Hall–Kier alpha value is -3.48. The summed E-state index contributed by atoms with van der Waals surface area (Å²) < 4.78 is 48.2. The number of ether oxygens (including phenoxy) is 1. The number of carboxylic acids is 1. The van der Waals surface area contributed by atoms with Gasteiger partial charge in [-0.15, -0.1) is 0 Å². The first kappa shape index (κ1) is 26.1. The number of thiazole rings is 1. The minimum absolute atomic E-state index is 0.0411. The first-order chi connectivity index (χ1) is 18.0. The number of aliphatic carboxylic acids is 1. The largest absolute Gasteiger partial charge is 0.493 e. The summed E-state index contributed by atoms with van der Waals surface area (Å²) in [6.45, 7) is 0.0721. The van der Waals surface area contributed by atoms with Crippen LogP contribution in [0.3, 0.4) is 0 Å². The zero-order valence-corrected chi connectivity index (χ0v) is 21.0. The van der Waals surface area contributed by atoms with Gasteiger partial charge in [-0.05, 0) is 47.0 Å². The number of hydrogen-bond acceptors (Lipinski definition) is 7. The van der Waals surface area contributed by atoms with E-state index in [0.29, 0.717) is 27.5 Å². The molecule has 2 aromatic carbocycles. The Kier molecular flexibility index (Phi) is 6.88. The number of aromatic hydroxyl groups is 1. The number of nitrogens with zero attached hydrogens (tertiary/aromatic N) is 3. The molecular weight excluding hydrogens is 547 g/mol. The number of carbonyl (C=O) groups is 1. The lowest BCUT2D eigenvalue weighted by atomic mass is 9.96. The maximum absolute atomic E-state index is 13.9. The van der Waals surface area contributed by atoms with E-state index in [2.05, 4.69) is 10.2 Å². The van der Waals surface area contributed by atoms with Crippen molar-refractivity contribution < 1.29 is 32.9 Å². The molecule has 1 saturated heterocycles. The van der Waals surface area contributed by atoms with Gasteiger partial charge in [-0.2, -0.15) is 23.4 Å². The highest BCUT2D eigenvalue weighted by atomic mass is 35.5. The van der Waals surface area contributed by atoms with Crippen molar-refractivity contribution in [1.29, 1.82) is 0 Å². The molecule has 0 radical (unpaired) electrons. The third-order valence-corrected chi connectivity index (χ3v) is 7.71. The third-order valence-electron chi connectivity index (χ3n) is 6.47. The summed E-state index contributed by atoms with van der Waals surface area (Å²) in [7, 11) is 0. The second-order valence-corrected chi connectivity index (χ2v) is 10.2. The molecule has 2 unspecified atom stereocenters. The van der Waals surface area contributed by atoms with E-state index in [1.165, 1.54) is 18.3 Å². The Balaban J connectivity index is 1.68. The van der Waals surface area contributed by atoms with Crippen LogP contribution in [0.5, 0.6) is 5.88 Å². The van der Waals surface area contributed by atoms with Crippen molar-refractivity contribution in [3.63, 3.8) is 0 Å². The van der Waals surface area contributed by atoms with Crippen LogP contribution in [0.1, 0.15) is 40.6 Å². The molecule has 3 aromatic rings. The Labute approximate surface area is 221 Å². The summed E-state index contributed by atoms with van der Waals surface area (Å²) in [4.78, 5) is 24.0. The van der Waals surface area contributed by atoms with Crippen LogP contribution in [0.4, 0.5) is 13.2 Å². The van der Waals surface area contributed by atoms with Crippen LogP contribution >= 0.6 is 22.9 Å². The number of rotatable bonds is 5. The van der Waals surface area contributed by atoms with Crippen LogP contribution in [0.25, 0.3) is 5.57 Å². The van der Waals surface area contributed by atoms with E-state index in [1.807, 2.05) is 0 Å². The van der Waals surface area contributed by atoms with Crippen LogP contribution in [0.15, 0.2) is 51.4 Å². The van der Waals surface area contributed by atoms with Crippen LogP contribution in [0.2, 0.25) is 5.02 Å². The van der Waals surface area contributed by atoms with Crippen molar-refractivity contribution in [2.24, 2.45) is 16.1 Å². The molecule has 0 saturated carbocycles. The highest BCUT2D eigenvalue weighted by molar-refractivity contribution is 7.10. The Morgan fingerprint density at radius 1 is 1.24 bits per heavy atom. The first-order valence-electron chi connectivity index (χ1n) is 11.4. The Morgan fingerprint density at radius 3 is 2.76 bits per heavy atom. The molecule has 2 N–H and O–H groups in total. The quantitative estimate of drug-likeness (QED) is 0.490. The molecular formula is C25H19ClF3N3O5S. The monoisotopic (exact) mass is 565 g/mol. The maximum atomic E-state index is 13.9. The predicted octanol–water partition coefficient (Wildman–Crippen LogP) is 3.71. The van der Waals surface area contributed by atoms with Crippen molar-refractivity contribution in [3.8, 4) is 5.88 Å².